The second kappa shape index (κ2) is 6.47. The van der Waals surface area contributed by atoms with Crippen LogP contribution in [0.15, 0.2) is 0 Å². The molecular formula is C12H31N3Si2. The summed E-state index contributed by atoms with van der Waals surface area (Å²) in [5.41, 5.74) is 0.870. The van der Waals surface area contributed by atoms with Gasteiger partial charge in [-0.2, -0.15) is 0 Å². The molecule has 102 valence electrons. The van der Waals surface area contributed by atoms with Crippen LogP contribution in [0.3, 0.4) is 0 Å². The zero-order valence-corrected chi connectivity index (χ0v) is 14.3. The van der Waals surface area contributed by atoms with Gasteiger partial charge in [-0.25, -0.2) is 0 Å². The highest BCUT2D eigenvalue weighted by Crippen LogP contribution is 2.35. The summed E-state index contributed by atoms with van der Waals surface area (Å²) < 4.78 is 4.07. The van der Waals surface area contributed by atoms with Gasteiger partial charge in [0.1, 0.15) is 8.24 Å². The lowest BCUT2D eigenvalue weighted by Gasteiger charge is -2.42. The average molecular weight is 274 g/mol. The first-order valence-electron chi connectivity index (χ1n) is 7.23. The summed E-state index contributed by atoms with van der Waals surface area (Å²) in [7, 11) is -2.93. The van der Waals surface area contributed by atoms with Gasteiger partial charge in [0.25, 0.3) is 8.56 Å². The van der Waals surface area contributed by atoms with Crippen LogP contribution >= 0.6 is 0 Å². The highest BCUT2D eigenvalue weighted by molar-refractivity contribution is 6.90. The summed E-state index contributed by atoms with van der Waals surface area (Å²) in [6.45, 7) is 13.9. The van der Waals surface area contributed by atoms with E-state index < -0.39 is 16.8 Å². The van der Waals surface area contributed by atoms with E-state index in [2.05, 4.69) is 48.1 Å². The Morgan fingerprint density at radius 2 is 1.41 bits per heavy atom. The average Bonchev–Trinajstić information content (AvgIpc) is 2.68. The molecule has 0 aromatic carbocycles. The number of hydrogen-bond donors (Lipinski definition) is 3. The first-order chi connectivity index (χ1) is 7.93. The van der Waals surface area contributed by atoms with Gasteiger partial charge < -0.3 is 14.6 Å². The summed E-state index contributed by atoms with van der Waals surface area (Å²) in [5.74, 6) is 0. The quantitative estimate of drug-likeness (QED) is 0.624. The monoisotopic (exact) mass is 273 g/mol. The molecule has 0 aromatic heterocycles. The van der Waals surface area contributed by atoms with Gasteiger partial charge in [-0.05, 0) is 31.5 Å². The van der Waals surface area contributed by atoms with Gasteiger partial charge >= 0.3 is 0 Å². The minimum absolute atomic E-state index is 0.870. The van der Waals surface area contributed by atoms with Crippen molar-refractivity contribution in [3.8, 4) is 0 Å². The molecular weight excluding hydrogens is 242 g/mol. The molecule has 1 saturated carbocycles. The van der Waals surface area contributed by atoms with Gasteiger partial charge in [-0.1, -0.05) is 46.3 Å². The summed E-state index contributed by atoms with van der Waals surface area (Å²) in [5, 5.41) is 0. The van der Waals surface area contributed by atoms with E-state index >= 15 is 0 Å². The predicted octanol–water partition coefficient (Wildman–Crippen LogP) is 2.51. The lowest BCUT2D eigenvalue weighted by atomic mass is 10.4. The lowest BCUT2D eigenvalue weighted by molar-refractivity contribution is 0.709. The Labute approximate surface area is 109 Å². The Morgan fingerprint density at radius 1 is 0.941 bits per heavy atom. The topological polar surface area (TPSA) is 36.1 Å². The third kappa shape index (κ3) is 4.48. The van der Waals surface area contributed by atoms with Crippen LogP contribution in [0.4, 0.5) is 0 Å². The fourth-order valence-electron chi connectivity index (χ4n) is 3.05. The zero-order chi connectivity index (χ0) is 12.9. The SMILES string of the molecule is CCN[Si](NCC)(N[Si](C)(C)C)C1CCCC1. The Hall–Kier alpha value is 0.314. The highest BCUT2D eigenvalue weighted by atomic mass is 28.4. The molecule has 1 rings (SSSR count). The molecule has 5 heteroatoms. The van der Waals surface area contributed by atoms with E-state index in [-0.39, 0.29) is 0 Å². The molecule has 0 atom stereocenters. The maximum absolute atomic E-state index is 4.07. The summed E-state index contributed by atoms with van der Waals surface area (Å²) in [4.78, 5) is 7.69. The molecule has 3 nitrogen and oxygen atoms in total. The van der Waals surface area contributed by atoms with Gasteiger partial charge in [0.15, 0.2) is 0 Å². The minimum Gasteiger partial charge on any atom is -0.335 e. The highest BCUT2D eigenvalue weighted by Gasteiger charge is 2.45. The van der Waals surface area contributed by atoms with E-state index in [1.54, 1.807) is 0 Å². The molecule has 0 saturated heterocycles. The maximum Gasteiger partial charge on any atom is 0.277 e. The van der Waals surface area contributed by atoms with Crippen molar-refractivity contribution in [2.75, 3.05) is 13.1 Å². The third-order valence-electron chi connectivity index (χ3n) is 3.45. The Kier molecular flexibility index (Phi) is 5.85. The largest absolute Gasteiger partial charge is 0.335 e. The predicted molar refractivity (Wildman–Crippen MR) is 81.8 cm³/mol. The van der Waals surface area contributed by atoms with Crippen LogP contribution < -0.4 is 14.6 Å². The van der Waals surface area contributed by atoms with Crippen molar-refractivity contribution in [2.24, 2.45) is 0 Å². The van der Waals surface area contributed by atoms with Crippen LogP contribution in [0, 0.1) is 0 Å². The number of nitrogens with one attached hydrogen (secondary N) is 3. The van der Waals surface area contributed by atoms with Crippen molar-refractivity contribution in [3.05, 3.63) is 0 Å². The van der Waals surface area contributed by atoms with Gasteiger partial charge in [0.05, 0.1) is 0 Å². The summed E-state index contributed by atoms with van der Waals surface area (Å²) >= 11 is 0. The van der Waals surface area contributed by atoms with Crippen molar-refractivity contribution in [2.45, 2.75) is 64.7 Å². The molecule has 0 unspecified atom stereocenters. The molecule has 1 fully saturated rings. The van der Waals surface area contributed by atoms with Crippen LogP contribution in [0.5, 0.6) is 0 Å². The number of hydrogen-bond acceptors (Lipinski definition) is 3. The van der Waals surface area contributed by atoms with Crippen LogP contribution in [0.2, 0.25) is 25.2 Å². The molecule has 0 amide bonds. The molecule has 0 bridgehead atoms. The lowest BCUT2D eigenvalue weighted by Crippen LogP contribution is -2.78. The van der Waals surface area contributed by atoms with E-state index in [1.165, 1.54) is 25.7 Å². The van der Waals surface area contributed by atoms with Gasteiger partial charge in [0, 0.05) is 0 Å². The second-order valence-corrected chi connectivity index (χ2v) is 14.9. The molecule has 0 spiro atoms. The van der Waals surface area contributed by atoms with Crippen LogP contribution in [0.25, 0.3) is 0 Å². The van der Waals surface area contributed by atoms with Gasteiger partial charge in [-0.3, -0.25) is 0 Å². The van der Waals surface area contributed by atoms with Crippen LogP contribution in [-0.4, -0.2) is 29.9 Å². The van der Waals surface area contributed by atoms with Crippen LogP contribution in [0.1, 0.15) is 39.5 Å². The van der Waals surface area contributed by atoms with E-state index in [0.29, 0.717) is 0 Å². The first-order valence-corrected chi connectivity index (χ1v) is 12.8. The van der Waals surface area contributed by atoms with Gasteiger partial charge in [-0.15, -0.1) is 0 Å². The van der Waals surface area contributed by atoms with E-state index in [0.717, 1.165) is 18.6 Å². The van der Waals surface area contributed by atoms with E-state index in [9.17, 15) is 0 Å². The maximum atomic E-state index is 4.07. The third-order valence-corrected chi connectivity index (χ3v) is 11.7. The molecule has 0 aromatic rings. The van der Waals surface area contributed by atoms with E-state index in [4.69, 9.17) is 0 Å². The molecule has 3 N–H and O–H groups in total. The van der Waals surface area contributed by atoms with Gasteiger partial charge in [0.2, 0.25) is 0 Å². The Bertz CT molecular complexity index is 216. The fourth-order valence-corrected chi connectivity index (χ4v) is 12.4. The molecule has 17 heavy (non-hydrogen) atoms. The summed E-state index contributed by atoms with van der Waals surface area (Å²) in [6, 6.07) is 0. The summed E-state index contributed by atoms with van der Waals surface area (Å²) in [6.07, 6.45) is 5.65. The minimum atomic E-state index is -1.69. The smallest absolute Gasteiger partial charge is 0.277 e. The van der Waals surface area contributed by atoms with Crippen molar-refractivity contribution in [1.82, 2.24) is 14.6 Å². The molecule has 1 aliphatic rings. The van der Waals surface area contributed by atoms with Crippen molar-refractivity contribution < 1.29 is 0 Å². The Balaban J connectivity index is 2.84. The fraction of sp³-hybridized carbons (Fsp3) is 1.00. The second-order valence-electron chi connectivity index (χ2n) is 6.23. The molecule has 0 aliphatic heterocycles. The zero-order valence-electron chi connectivity index (χ0n) is 12.3. The number of rotatable bonds is 7. The van der Waals surface area contributed by atoms with Crippen molar-refractivity contribution >= 4 is 16.8 Å². The van der Waals surface area contributed by atoms with Crippen LogP contribution in [-0.2, 0) is 0 Å². The molecule has 0 radical (unpaired) electrons. The normalized spacial score (nSPS) is 18.9. The molecule has 1 aliphatic carbocycles. The molecule has 0 heterocycles. The van der Waals surface area contributed by atoms with E-state index in [1.807, 2.05) is 0 Å². The van der Waals surface area contributed by atoms with Crippen molar-refractivity contribution in [3.63, 3.8) is 0 Å². The standard InChI is InChI=1S/C12H31N3Si2/c1-6-13-17(14-7-2,15-16(3,4)5)12-10-8-9-11-12/h12-15H,6-11H2,1-5H3. The Morgan fingerprint density at radius 3 is 1.76 bits per heavy atom. The van der Waals surface area contributed by atoms with Crippen molar-refractivity contribution in [1.29, 1.82) is 0 Å². The first kappa shape index (κ1) is 15.4.